The lowest BCUT2D eigenvalue weighted by Gasteiger charge is -2.15. The average molecular weight is 352 g/mol. The Hall–Kier alpha value is -1.53. The maximum Gasteiger partial charge on any atom is 0.321 e. The van der Waals surface area contributed by atoms with Crippen molar-refractivity contribution in [2.75, 3.05) is 23.3 Å². The van der Waals surface area contributed by atoms with E-state index in [-0.39, 0.29) is 6.03 Å². The van der Waals surface area contributed by atoms with Gasteiger partial charge < -0.3 is 10.6 Å². The number of urea groups is 1. The van der Waals surface area contributed by atoms with Gasteiger partial charge in [0.25, 0.3) is 0 Å². The van der Waals surface area contributed by atoms with E-state index in [0.717, 1.165) is 28.3 Å². The van der Waals surface area contributed by atoms with Crippen LogP contribution in [-0.2, 0) is 6.54 Å². The third-order valence-electron chi connectivity index (χ3n) is 3.11. The van der Waals surface area contributed by atoms with Crippen molar-refractivity contribution in [2.45, 2.75) is 6.54 Å². The number of rotatable bonds is 4. The standard InChI is InChI=1S/C14H14BrN3OS/c15-13-5-4-12(20-13)9-17-10-2-1-3-11(8-10)18-7-6-16-14(18)19/h1-5,8,17H,6-7,9H2,(H,16,19). The highest BCUT2D eigenvalue weighted by Crippen LogP contribution is 2.24. The Labute approximate surface area is 129 Å². The van der Waals surface area contributed by atoms with E-state index in [1.807, 2.05) is 30.3 Å². The van der Waals surface area contributed by atoms with Gasteiger partial charge in [0.15, 0.2) is 0 Å². The van der Waals surface area contributed by atoms with Gasteiger partial charge >= 0.3 is 6.03 Å². The van der Waals surface area contributed by atoms with Gasteiger partial charge in [-0.15, -0.1) is 11.3 Å². The lowest BCUT2D eigenvalue weighted by Crippen LogP contribution is -2.27. The number of carbonyl (C=O) groups excluding carboxylic acids is 1. The van der Waals surface area contributed by atoms with Gasteiger partial charge in [0.1, 0.15) is 0 Å². The quantitative estimate of drug-likeness (QED) is 0.882. The van der Waals surface area contributed by atoms with Crippen LogP contribution in [-0.4, -0.2) is 19.1 Å². The highest BCUT2D eigenvalue weighted by Gasteiger charge is 2.20. The normalized spacial score (nSPS) is 14.4. The number of nitrogens with zero attached hydrogens (tertiary/aromatic N) is 1. The number of carbonyl (C=O) groups is 1. The van der Waals surface area contributed by atoms with Crippen LogP contribution < -0.4 is 15.5 Å². The molecule has 0 bridgehead atoms. The molecule has 1 aromatic carbocycles. The Morgan fingerprint density at radius 1 is 1.35 bits per heavy atom. The summed E-state index contributed by atoms with van der Waals surface area (Å²) in [6.45, 7) is 2.21. The van der Waals surface area contributed by atoms with Gasteiger partial charge in [-0.2, -0.15) is 0 Å². The molecule has 1 aliphatic heterocycles. The van der Waals surface area contributed by atoms with Crippen LogP contribution in [0.2, 0.25) is 0 Å². The van der Waals surface area contributed by atoms with Crippen LogP contribution in [0.3, 0.4) is 0 Å². The number of halogens is 1. The Kier molecular flexibility index (Phi) is 3.93. The largest absolute Gasteiger partial charge is 0.380 e. The van der Waals surface area contributed by atoms with Crippen molar-refractivity contribution in [3.8, 4) is 0 Å². The summed E-state index contributed by atoms with van der Waals surface area (Å²) < 4.78 is 1.14. The Balaban J connectivity index is 1.69. The maximum atomic E-state index is 11.7. The number of nitrogens with one attached hydrogen (secondary N) is 2. The second kappa shape index (κ2) is 5.85. The number of benzene rings is 1. The predicted octanol–water partition coefficient (Wildman–Crippen LogP) is 3.65. The summed E-state index contributed by atoms with van der Waals surface area (Å²) in [6.07, 6.45) is 0. The minimum Gasteiger partial charge on any atom is -0.380 e. The molecule has 104 valence electrons. The van der Waals surface area contributed by atoms with Gasteiger partial charge in [-0.3, -0.25) is 4.90 Å². The van der Waals surface area contributed by atoms with Crippen molar-refractivity contribution >= 4 is 44.7 Å². The van der Waals surface area contributed by atoms with Crippen LogP contribution in [0.25, 0.3) is 0 Å². The molecule has 6 heteroatoms. The van der Waals surface area contributed by atoms with E-state index in [9.17, 15) is 4.79 Å². The Morgan fingerprint density at radius 2 is 2.25 bits per heavy atom. The minimum absolute atomic E-state index is 0.0238. The fourth-order valence-corrected chi connectivity index (χ4v) is 3.56. The Bertz CT molecular complexity index is 628. The van der Waals surface area contributed by atoms with Gasteiger partial charge in [0.05, 0.1) is 3.79 Å². The smallest absolute Gasteiger partial charge is 0.321 e. The van der Waals surface area contributed by atoms with Crippen molar-refractivity contribution in [3.05, 3.63) is 45.1 Å². The van der Waals surface area contributed by atoms with E-state index in [0.29, 0.717) is 6.54 Å². The van der Waals surface area contributed by atoms with E-state index in [1.54, 1.807) is 16.2 Å². The molecule has 1 saturated heterocycles. The number of amides is 2. The lowest BCUT2D eigenvalue weighted by molar-refractivity contribution is 0.252. The molecule has 3 rings (SSSR count). The molecule has 1 aromatic heterocycles. The van der Waals surface area contributed by atoms with Crippen LogP contribution in [0.1, 0.15) is 4.88 Å². The highest BCUT2D eigenvalue weighted by molar-refractivity contribution is 9.11. The monoisotopic (exact) mass is 351 g/mol. The summed E-state index contributed by atoms with van der Waals surface area (Å²) in [5, 5.41) is 6.20. The molecule has 2 N–H and O–H groups in total. The molecule has 0 unspecified atom stereocenters. The van der Waals surface area contributed by atoms with Gasteiger partial charge in [0, 0.05) is 35.9 Å². The van der Waals surface area contributed by atoms with Crippen LogP contribution >= 0.6 is 27.3 Å². The highest BCUT2D eigenvalue weighted by atomic mass is 79.9. The molecule has 0 radical (unpaired) electrons. The molecule has 0 aliphatic carbocycles. The molecule has 0 spiro atoms. The van der Waals surface area contributed by atoms with Crippen molar-refractivity contribution in [1.82, 2.24) is 5.32 Å². The third-order valence-corrected chi connectivity index (χ3v) is 4.73. The number of anilines is 2. The summed E-state index contributed by atoms with van der Waals surface area (Å²) in [6, 6.07) is 12.1. The fraction of sp³-hybridized carbons (Fsp3) is 0.214. The number of hydrogen-bond donors (Lipinski definition) is 2. The zero-order valence-corrected chi connectivity index (χ0v) is 13.1. The molecule has 0 atom stereocenters. The predicted molar refractivity (Wildman–Crippen MR) is 86.5 cm³/mol. The molecule has 4 nitrogen and oxygen atoms in total. The topological polar surface area (TPSA) is 44.4 Å². The van der Waals surface area contributed by atoms with Crippen molar-refractivity contribution in [1.29, 1.82) is 0 Å². The molecular weight excluding hydrogens is 338 g/mol. The first-order chi connectivity index (χ1) is 9.72. The molecule has 20 heavy (non-hydrogen) atoms. The van der Waals surface area contributed by atoms with Crippen molar-refractivity contribution in [3.63, 3.8) is 0 Å². The molecule has 1 fully saturated rings. The SMILES string of the molecule is O=C1NCCN1c1cccc(NCc2ccc(Br)s2)c1. The Morgan fingerprint density at radius 3 is 2.95 bits per heavy atom. The maximum absolute atomic E-state index is 11.7. The number of thiophene rings is 1. The molecule has 0 saturated carbocycles. The minimum atomic E-state index is -0.0238. The van der Waals surface area contributed by atoms with Crippen LogP contribution in [0.15, 0.2) is 40.2 Å². The first-order valence-corrected chi connectivity index (χ1v) is 7.97. The second-order valence-electron chi connectivity index (χ2n) is 4.49. The summed E-state index contributed by atoms with van der Waals surface area (Å²) in [4.78, 5) is 14.7. The van der Waals surface area contributed by atoms with Crippen LogP contribution in [0.4, 0.5) is 16.2 Å². The van der Waals surface area contributed by atoms with E-state index in [2.05, 4.69) is 32.6 Å². The first-order valence-electron chi connectivity index (χ1n) is 6.36. The molecule has 2 aromatic rings. The zero-order valence-electron chi connectivity index (χ0n) is 10.7. The average Bonchev–Trinajstić information content (AvgIpc) is 3.05. The summed E-state index contributed by atoms with van der Waals surface area (Å²) in [5.41, 5.74) is 1.95. The van der Waals surface area contributed by atoms with E-state index in [4.69, 9.17) is 0 Å². The van der Waals surface area contributed by atoms with E-state index in [1.165, 1.54) is 4.88 Å². The van der Waals surface area contributed by atoms with Crippen molar-refractivity contribution < 1.29 is 4.79 Å². The van der Waals surface area contributed by atoms with Crippen LogP contribution in [0, 0.1) is 0 Å². The summed E-state index contributed by atoms with van der Waals surface area (Å²) >= 11 is 5.18. The molecule has 2 amide bonds. The summed E-state index contributed by atoms with van der Waals surface area (Å²) in [7, 11) is 0. The van der Waals surface area contributed by atoms with E-state index >= 15 is 0 Å². The third kappa shape index (κ3) is 2.96. The van der Waals surface area contributed by atoms with E-state index < -0.39 is 0 Å². The fourth-order valence-electron chi connectivity index (χ4n) is 2.14. The van der Waals surface area contributed by atoms with Gasteiger partial charge in [-0.25, -0.2) is 4.79 Å². The first kappa shape index (κ1) is 13.5. The van der Waals surface area contributed by atoms with Crippen molar-refractivity contribution in [2.24, 2.45) is 0 Å². The lowest BCUT2D eigenvalue weighted by atomic mass is 10.2. The van der Waals surface area contributed by atoms with Gasteiger partial charge in [-0.05, 0) is 46.3 Å². The van der Waals surface area contributed by atoms with Gasteiger partial charge in [0.2, 0.25) is 0 Å². The molecule has 2 heterocycles. The zero-order chi connectivity index (χ0) is 13.9. The molecular formula is C14H14BrN3OS. The summed E-state index contributed by atoms with van der Waals surface area (Å²) in [5.74, 6) is 0. The second-order valence-corrected chi connectivity index (χ2v) is 7.04. The molecule has 1 aliphatic rings. The van der Waals surface area contributed by atoms with Gasteiger partial charge in [-0.1, -0.05) is 6.07 Å². The number of hydrogen-bond acceptors (Lipinski definition) is 3. The van der Waals surface area contributed by atoms with Crippen LogP contribution in [0.5, 0.6) is 0 Å².